The molecule has 1 saturated heterocycles. The molecule has 0 saturated carbocycles. The third kappa shape index (κ3) is 4.33. The average Bonchev–Trinajstić information content (AvgIpc) is 3.29. The standard InChI is InChI=1S/C25H25N5O2/c1-31-22-9-5-6-19(14-22)17-26-18-21-15-25(29-10-12-32-13-11-29)30-24(27-21)16-23(28-30)20-7-3-2-4-8-20/h2-9,14-17H,10-13,18H2,1H3. The Hall–Kier alpha value is -3.71. The summed E-state index contributed by atoms with van der Waals surface area (Å²) in [6, 6.07) is 22.2. The van der Waals surface area contributed by atoms with Gasteiger partial charge in [-0.25, -0.2) is 4.98 Å². The summed E-state index contributed by atoms with van der Waals surface area (Å²) in [6.45, 7) is 3.55. The highest BCUT2D eigenvalue weighted by atomic mass is 16.5. The van der Waals surface area contributed by atoms with Crippen LogP contribution in [0.25, 0.3) is 16.9 Å². The van der Waals surface area contributed by atoms with Gasteiger partial charge >= 0.3 is 0 Å². The SMILES string of the molecule is COc1cccc(C=NCc2cc(N3CCOCC3)n3nc(-c4ccccc4)cc3n2)c1. The minimum Gasteiger partial charge on any atom is -0.497 e. The van der Waals surface area contributed by atoms with E-state index in [0.29, 0.717) is 19.8 Å². The maximum Gasteiger partial charge on any atom is 0.158 e. The van der Waals surface area contributed by atoms with Crippen molar-refractivity contribution in [3.05, 3.63) is 78.0 Å². The number of hydrogen-bond donors (Lipinski definition) is 0. The van der Waals surface area contributed by atoms with Crippen LogP contribution in [0, 0.1) is 0 Å². The second-order valence-corrected chi connectivity index (χ2v) is 7.62. The highest BCUT2D eigenvalue weighted by Crippen LogP contribution is 2.24. The summed E-state index contributed by atoms with van der Waals surface area (Å²) in [5, 5.41) is 4.87. The molecule has 1 fully saturated rings. The maximum atomic E-state index is 5.55. The molecule has 0 spiro atoms. The lowest BCUT2D eigenvalue weighted by molar-refractivity contribution is 0.122. The monoisotopic (exact) mass is 427 g/mol. The fraction of sp³-hybridized carbons (Fsp3) is 0.240. The first-order valence-corrected chi connectivity index (χ1v) is 10.7. The van der Waals surface area contributed by atoms with E-state index in [2.05, 4.69) is 28.1 Å². The molecule has 32 heavy (non-hydrogen) atoms. The van der Waals surface area contributed by atoms with Gasteiger partial charge in [-0.15, -0.1) is 0 Å². The summed E-state index contributed by atoms with van der Waals surface area (Å²) < 4.78 is 12.8. The van der Waals surface area contributed by atoms with Gasteiger partial charge in [0.1, 0.15) is 11.6 Å². The number of nitrogens with zero attached hydrogens (tertiary/aromatic N) is 5. The van der Waals surface area contributed by atoms with Crippen LogP contribution in [0.5, 0.6) is 5.75 Å². The van der Waals surface area contributed by atoms with E-state index in [9.17, 15) is 0 Å². The van der Waals surface area contributed by atoms with E-state index >= 15 is 0 Å². The van der Waals surface area contributed by atoms with Crippen molar-refractivity contribution in [1.82, 2.24) is 14.6 Å². The molecule has 2 aromatic carbocycles. The quantitative estimate of drug-likeness (QED) is 0.437. The first kappa shape index (κ1) is 20.2. The van der Waals surface area contributed by atoms with Gasteiger partial charge in [-0.05, 0) is 17.7 Å². The first-order chi connectivity index (χ1) is 15.8. The number of benzene rings is 2. The number of ether oxygens (including phenoxy) is 2. The number of aliphatic imine (C=N–C) groups is 1. The van der Waals surface area contributed by atoms with Crippen molar-refractivity contribution in [3.8, 4) is 17.0 Å². The molecule has 162 valence electrons. The summed E-state index contributed by atoms with van der Waals surface area (Å²) >= 11 is 0. The topological polar surface area (TPSA) is 64.2 Å². The molecule has 0 radical (unpaired) electrons. The number of morpholine rings is 1. The van der Waals surface area contributed by atoms with Crippen molar-refractivity contribution in [1.29, 1.82) is 0 Å². The normalized spacial score (nSPS) is 14.3. The Labute approximate surface area is 187 Å². The third-order valence-electron chi connectivity index (χ3n) is 5.45. The second-order valence-electron chi connectivity index (χ2n) is 7.62. The smallest absolute Gasteiger partial charge is 0.158 e. The lowest BCUT2D eigenvalue weighted by Gasteiger charge is -2.29. The molecule has 1 aliphatic heterocycles. The largest absolute Gasteiger partial charge is 0.497 e. The lowest BCUT2D eigenvalue weighted by atomic mass is 10.2. The van der Waals surface area contributed by atoms with Crippen LogP contribution in [-0.2, 0) is 11.3 Å². The minimum absolute atomic E-state index is 0.483. The van der Waals surface area contributed by atoms with Gasteiger partial charge in [-0.2, -0.15) is 9.61 Å². The summed E-state index contributed by atoms with van der Waals surface area (Å²) in [5.41, 5.74) is 4.69. The van der Waals surface area contributed by atoms with Crippen LogP contribution in [0.3, 0.4) is 0 Å². The van der Waals surface area contributed by atoms with Crippen molar-refractivity contribution in [2.45, 2.75) is 6.54 Å². The van der Waals surface area contributed by atoms with Gasteiger partial charge in [0.25, 0.3) is 0 Å². The number of fused-ring (bicyclic) bond motifs is 1. The molecule has 0 atom stereocenters. The maximum absolute atomic E-state index is 5.55. The molecule has 0 N–H and O–H groups in total. The molecule has 0 amide bonds. The number of rotatable bonds is 6. The predicted octanol–water partition coefficient (Wildman–Crippen LogP) is 3.86. The molecular formula is C25H25N5O2. The Kier molecular flexibility index (Phi) is 5.81. The van der Waals surface area contributed by atoms with Gasteiger partial charge in [0.2, 0.25) is 0 Å². The van der Waals surface area contributed by atoms with Gasteiger partial charge in [0.05, 0.1) is 38.3 Å². The van der Waals surface area contributed by atoms with Crippen molar-refractivity contribution in [2.75, 3.05) is 38.3 Å². The van der Waals surface area contributed by atoms with Crippen LogP contribution in [-0.4, -0.2) is 54.2 Å². The molecule has 0 bridgehead atoms. The van der Waals surface area contributed by atoms with E-state index in [1.807, 2.05) is 59.3 Å². The predicted molar refractivity (Wildman–Crippen MR) is 126 cm³/mol. The zero-order valence-electron chi connectivity index (χ0n) is 18.0. The molecular weight excluding hydrogens is 402 g/mol. The summed E-state index contributed by atoms with van der Waals surface area (Å²) in [5.74, 6) is 1.84. The molecule has 7 nitrogen and oxygen atoms in total. The lowest BCUT2D eigenvalue weighted by Crippen LogP contribution is -2.37. The van der Waals surface area contributed by atoms with Gasteiger partial charge in [-0.1, -0.05) is 42.5 Å². The Balaban J connectivity index is 1.48. The second kappa shape index (κ2) is 9.20. The summed E-state index contributed by atoms with van der Waals surface area (Å²) in [6.07, 6.45) is 1.86. The Morgan fingerprint density at radius 2 is 1.88 bits per heavy atom. The third-order valence-corrected chi connectivity index (χ3v) is 5.45. The Morgan fingerprint density at radius 1 is 1.03 bits per heavy atom. The van der Waals surface area contributed by atoms with E-state index in [1.54, 1.807) is 7.11 Å². The fourth-order valence-corrected chi connectivity index (χ4v) is 3.82. The van der Waals surface area contributed by atoms with Gasteiger partial charge in [-0.3, -0.25) is 4.99 Å². The number of methoxy groups -OCH3 is 1. The van der Waals surface area contributed by atoms with Crippen LogP contribution < -0.4 is 9.64 Å². The molecule has 2 aromatic heterocycles. The van der Waals surface area contributed by atoms with Gasteiger partial charge in [0.15, 0.2) is 5.65 Å². The van der Waals surface area contributed by atoms with E-state index in [4.69, 9.17) is 19.6 Å². The number of hydrogen-bond acceptors (Lipinski definition) is 6. The Bertz CT molecular complexity index is 1230. The highest BCUT2D eigenvalue weighted by Gasteiger charge is 2.18. The molecule has 0 unspecified atom stereocenters. The highest BCUT2D eigenvalue weighted by molar-refractivity contribution is 5.80. The van der Waals surface area contributed by atoms with Crippen molar-refractivity contribution < 1.29 is 9.47 Å². The van der Waals surface area contributed by atoms with Gasteiger partial charge < -0.3 is 14.4 Å². The molecule has 3 heterocycles. The fourth-order valence-electron chi connectivity index (χ4n) is 3.82. The van der Waals surface area contributed by atoms with E-state index in [0.717, 1.165) is 52.8 Å². The van der Waals surface area contributed by atoms with Crippen LogP contribution >= 0.6 is 0 Å². The summed E-state index contributed by atoms with van der Waals surface area (Å²) in [4.78, 5) is 11.8. The van der Waals surface area contributed by atoms with Crippen LogP contribution in [0.2, 0.25) is 0 Å². The van der Waals surface area contributed by atoms with Crippen LogP contribution in [0.4, 0.5) is 5.82 Å². The zero-order valence-corrected chi connectivity index (χ0v) is 18.0. The Morgan fingerprint density at radius 3 is 2.69 bits per heavy atom. The zero-order chi connectivity index (χ0) is 21.8. The average molecular weight is 428 g/mol. The van der Waals surface area contributed by atoms with Crippen LogP contribution in [0.15, 0.2) is 71.7 Å². The summed E-state index contributed by atoms with van der Waals surface area (Å²) in [7, 11) is 1.66. The van der Waals surface area contributed by atoms with Crippen molar-refractivity contribution >= 4 is 17.7 Å². The van der Waals surface area contributed by atoms with Crippen molar-refractivity contribution in [3.63, 3.8) is 0 Å². The van der Waals surface area contributed by atoms with Crippen molar-refractivity contribution in [2.24, 2.45) is 4.99 Å². The molecule has 4 aromatic rings. The minimum atomic E-state index is 0.483. The first-order valence-electron chi connectivity index (χ1n) is 10.7. The van der Waals surface area contributed by atoms with E-state index in [-0.39, 0.29) is 0 Å². The van der Waals surface area contributed by atoms with Gasteiger partial charge in [0, 0.05) is 37.0 Å². The van der Waals surface area contributed by atoms with E-state index < -0.39 is 0 Å². The molecule has 7 heteroatoms. The van der Waals surface area contributed by atoms with E-state index in [1.165, 1.54) is 0 Å². The molecule has 1 aliphatic rings. The molecule has 0 aliphatic carbocycles. The molecule has 5 rings (SSSR count). The number of anilines is 1. The van der Waals surface area contributed by atoms with Crippen LogP contribution in [0.1, 0.15) is 11.3 Å². The number of aromatic nitrogens is 3.